The van der Waals surface area contributed by atoms with Crippen LogP contribution in [0.1, 0.15) is 23.2 Å². The van der Waals surface area contributed by atoms with E-state index in [4.69, 9.17) is 9.47 Å². The highest BCUT2D eigenvalue weighted by Crippen LogP contribution is 2.14. The maximum atomic E-state index is 12.0. The van der Waals surface area contributed by atoms with Gasteiger partial charge >= 0.3 is 5.97 Å². The summed E-state index contributed by atoms with van der Waals surface area (Å²) in [5.74, 6) is -1.10. The second-order valence-corrected chi connectivity index (χ2v) is 7.98. The summed E-state index contributed by atoms with van der Waals surface area (Å²) in [5.41, 5.74) is 0.171. The molecule has 25 heavy (non-hydrogen) atoms. The summed E-state index contributed by atoms with van der Waals surface area (Å²) in [5, 5.41) is 2.65. The Morgan fingerprint density at radius 3 is 2.52 bits per heavy atom. The summed E-state index contributed by atoms with van der Waals surface area (Å²) in [7, 11) is -0.709. The molecule has 9 heteroatoms. The summed E-state index contributed by atoms with van der Waals surface area (Å²) in [6.07, 6.45) is 1.91. The number of amides is 1. The highest BCUT2D eigenvalue weighted by atomic mass is 32.2. The van der Waals surface area contributed by atoms with Crippen LogP contribution in [0.5, 0.6) is 0 Å². The fraction of sp³-hybridized carbons (Fsp3) is 0.500. The third-order valence-corrected chi connectivity index (χ3v) is 5.58. The van der Waals surface area contributed by atoms with Gasteiger partial charge in [-0.3, -0.25) is 4.79 Å². The fourth-order valence-corrected chi connectivity index (χ4v) is 3.17. The smallest absolute Gasteiger partial charge is 0.338 e. The number of hydrogen-bond donors (Lipinski definition) is 1. The van der Waals surface area contributed by atoms with E-state index in [9.17, 15) is 18.0 Å². The van der Waals surface area contributed by atoms with Gasteiger partial charge in [-0.2, -0.15) is 0 Å². The number of nitrogens with one attached hydrogen (secondary N) is 1. The number of rotatable bonds is 7. The summed E-state index contributed by atoms with van der Waals surface area (Å²) < 4.78 is 35.3. The van der Waals surface area contributed by atoms with Crippen molar-refractivity contribution >= 4 is 21.9 Å². The van der Waals surface area contributed by atoms with Crippen LogP contribution in [0.3, 0.4) is 0 Å². The number of ether oxygens (including phenoxy) is 2. The predicted octanol–water partition coefficient (Wildman–Crippen LogP) is 0.389. The number of sulfonamides is 1. The second-order valence-electron chi connectivity index (χ2n) is 5.83. The van der Waals surface area contributed by atoms with Crippen LogP contribution in [-0.2, 0) is 24.3 Å². The zero-order valence-corrected chi connectivity index (χ0v) is 15.0. The first kappa shape index (κ1) is 19.4. The molecule has 1 aromatic carbocycles. The zero-order chi connectivity index (χ0) is 18.4. The van der Waals surface area contributed by atoms with Crippen molar-refractivity contribution in [3.8, 4) is 0 Å². The van der Waals surface area contributed by atoms with Gasteiger partial charge < -0.3 is 14.8 Å². The van der Waals surface area contributed by atoms with Crippen molar-refractivity contribution in [1.29, 1.82) is 0 Å². The molecule has 138 valence electrons. The molecule has 0 spiro atoms. The molecule has 1 amide bonds. The molecular weight excluding hydrogens is 348 g/mol. The van der Waals surface area contributed by atoms with Crippen molar-refractivity contribution in [3.05, 3.63) is 29.8 Å². The molecule has 1 atom stereocenters. The van der Waals surface area contributed by atoms with Gasteiger partial charge in [0.05, 0.1) is 16.6 Å². The lowest BCUT2D eigenvalue weighted by Gasteiger charge is -2.12. The maximum Gasteiger partial charge on any atom is 0.338 e. The normalized spacial score (nSPS) is 17.5. The van der Waals surface area contributed by atoms with E-state index < -0.39 is 28.5 Å². The van der Waals surface area contributed by atoms with Crippen LogP contribution >= 0.6 is 0 Å². The molecule has 1 saturated heterocycles. The van der Waals surface area contributed by atoms with Gasteiger partial charge in [-0.15, -0.1) is 0 Å². The van der Waals surface area contributed by atoms with Crippen LogP contribution in [0.25, 0.3) is 0 Å². The highest BCUT2D eigenvalue weighted by Gasteiger charge is 2.19. The number of esters is 1. The van der Waals surface area contributed by atoms with Crippen molar-refractivity contribution in [3.63, 3.8) is 0 Å². The third-order valence-electron chi connectivity index (χ3n) is 3.75. The van der Waals surface area contributed by atoms with Crippen LogP contribution < -0.4 is 5.32 Å². The summed E-state index contributed by atoms with van der Waals surface area (Å²) >= 11 is 0. The molecule has 1 fully saturated rings. The molecule has 0 bridgehead atoms. The van der Waals surface area contributed by atoms with Crippen molar-refractivity contribution < 1.29 is 27.5 Å². The molecule has 0 unspecified atom stereocenters. The largest absolute Gasteiger partial charge is 0.452 e. The van der Waals surface area contributed by atoms with Crippen LogP contribution in [0, 0.1) is 0 Å². The van der Waals surface area contributed by atoms with Crippen LogP contribution in [0.15, 0.2) is 29.2 Å². The number of nitrogens with zero attached hydrogens (tertiary/aromatic N) is 1. The molecule has 1 aliphatic heterocycles. The topological polar surface area (TPSA) is 102 Å². The Bertz CT molecular complexity index is 709. The minimum atomic E-state index is -3.56. The lowest BCUT2D eigenvalue weighted by Crippen LogP contribution is -2.34. The standard InChI is InChI=1S/C16H22N2O6S/c1-18(2)25(21,22)14-7-5-12(6-8-14)16(20)24-11-15(19)17-10-13-4-3-9-23-13/h5-8,13H,3-4,9-11H2,1-2H3,(H,17,19)/t13-/m0/s1. The molecule has 8 nitrogen and oxygen atoms in total. The van der Waals surface area contributed by atoms with Crippen LogP contribution in [0.4, 0.5) is 0 Å². The lowest BCUT2D eigenvalue weighted by atomic mass is 10.2. The first-order valence-corrected chi connectivity index (χ1v) is 9.32. The quantitative estimate of drug-likeness (QED) is 0.697. The van der Waals surface area contributed by atoms with Crippen molar-refractivity contribution in [2.24, 2.45) is 0 Å². The average Bonchev–Trinajstić information content (AvgIpc) is 3.11. The van der Waals surface area contributed by atoms with Crippen LogP contribution in [-0.4, -0.2) is 64.6 Å². The zero-order valence-electron chi connectivity index (χ0n) is 14.2. The molecule has 2 rings (SSSR count). The molecule has 1 heterocycles. The molecule has 1 aliphatic rings. The molecule has 0 aromatic heterocycles. The van der Waals surface area contributed by atoms with E-state index in [0.717, 1.165) is 17.1 Å². The summed E-state index contributed by atoms with van der Waals surface area (Å²) in [4.78, 5) is 23.7. The van der Waals surface area contributed by atoms with Gasteiger partial charge in [-0.25, -0.2) is 17.5 Å². The Labute approximate surface area is 147 Å². The van der Waals surface area contributed by atoms with E-state index in [1.807, 2.05) is 0 Å². The SMILES string of the molecule is CN(C)S(=O)(=O)c1ccc(C(=O)OCC(=O)NC[C@@H]2CCCO2)cc1. The minimum absolute atomic E-state index is 0.0193. The predicted molar refractivity (Wildman–Crippen MR) is 89.6 cm³/mol. The van der Waals surface area contributed by atoms with Gasteiger partial charge in [0.15, 0.2) is 6.61 Å². The molecule has 1 aromatic rings. The van der Waals surface area contributed by atoms with E-state index in [-0.39, 0.29) is 16.6 Å². The first-order valence-electron chi connectivity index (χ1n) is 7.88. The number of benzene rings is 1. The van der Waals surface area contributed by atoms with Gasteiger partial charge in [-0.05, 0) is 37.1 Å². The fourth-order valence-electron chi connectivity index (χ4n) is 2.27. The van der Waals surface area contributed by atoms with Crippen molar-refractivity contribution in [2.75, 3.05) is 33.9 Å². The Morgan fingerprint density at radius 1 is 1.28 bits per heavy atom. The number of carbonyl (C=O) groups is 2. The Morgan fingerprint density at radius 2 is 1.96 bits per heavy atom. The third kappa shape index (κ3) is 5.25. The monoisotopic (exact) mass is 370 g/mol. The van der Waals surface area contributed by atoms with Crippen molar-refractivity contribution in [1.82, 2.24) is 9.62 Å². The summed E-state index contributed by atoms with van der Waals surface area (Å²) in [6.45, 7) is 0.700. The van der Waals surface area contributed by atoms with E-state index in [2.05, 4.69) is 5.32 Å². The van der Waals surface area contributed by atoms with Gasteiger partial charge in [0.1, 0.15) is 0 Å². The average molecular weight is 370 g/mol. The Balaban J connectivity index is 1.83. The molecular formula is C16H22N2O6S. The van der Waals surface area contributed by atoms with Crippen molar-refractivity contribution in [2.45, 2.75) is 23.8 Å². The molecule has 0 radical (unpaired) electrons. The second kappa shape index (κ2) is 8.41. The van der Waals surface area contributed by atoms with E-state index >= 15 is 0 Å². The minimum Gasteiger partial charge on any atom is -0.452 e. The molecule has 1 N–H and O–H groups in total. The van der Waals surface area contributed by atoms with E-state index in [1.165, 1.54) is 38.4 Å². The summed E-state index contributed by atoms with van der Waals surface area (Å²) in [6, 6.07) is 5.35. The van der Waals surface area contributed by atoms with Crippen LogP contribution in [0.2, 0.25) is 0 Å². The van der Waals surface area contributed by atoms with Gasteiger partial charge in [-0.1, -0.05) is 0 Å². The van der Waals surface area contributed by atoms with Gasteiger partial charge in [0.2, 0.25) is 10.0 Å². The lowest BCUT2D eigenvalue weighted by molar-refractivity contribution is -0.124. The maximum absolute atomic E-state index is 12.0. The van der Waals surface area contributed by atoms with Gasteiger partial charge in [0, 0.05) is 27.2 Å². The molecule has 0 saturated carbocycles. The van der Waals surface area contributed by atoms with Gasteiger partial charge in [0.25, 0.3) is 5.91 Å². The number of carbonyl (C=O) groups excluding carboxylic acids is 2. The first-order chi connectivity index (χ1) is 11.8. The highest BCUT2D eigenvalue weighted by molar-refractivity contribution is 7.89. The van der Waals surface area contributed by atoms with E-state index in [0.29, 0.717) is 13.2 Å². The van der Waals surface area contributed by atoms with E-state index in [1.54, 1.807) is 0 Å². The number of hydrogen-bond acceptors (Lipinski definition) is 6. The Hall–Kier alpha value is -1.97. The molecule has 0 aliphatic carbocycles. The Kier molecular flexibility index (Phi) is 6.51.